The second kappa shape index (κ2) is 5.39. The van der Waals surface area contributed by atoms with Gasteiger partial charge in [-0.25, -0.2) is 0 Å². The van der Waals surface area contributed by atoms with Crippen LogP contribution in [0.4, 0.5) is 0 Å². The summed E-state index contributed by atoms with van der Waals surface area (Å²) in [6.45, 7) is 8.48. The highest BCUT2D eigenvalue weighted by atomic mass is 16.5. The molecular formula is C12H17NO2. The normalized spacial score (nSPS) is 12.1. The first-order chi connectivity index (χ1) is 7.20. The van der Waals surface area contributed by atoms with E-state index in [1.165, 1.54) is 0 Å². The van der Waals surface area contributed by atoms with Gasteiger partial charge in [0.2, 0.25) is 0 Å². The van der Waals surface area contributed by atoms with E-state index in [-0.39, 0.29) is 11.9 Å². The SMILES string of the molecule is C=CCn1cccc1C(C)C(=O)OCC. The minimum Gasteiger partial charge on any atom is -0.465 e. The van der Waals surface area contributed by atoms with Crippen molar-refractivity contribution in [3.8, 4) is 0 Å². The van der Waals surface area contributed by atoms with Crippen molar-refractivity contribution in [2.24, 2.45) is 0 Å². The largest absolute Gasteiger partial charge is 0.465 e. The van der Waals surface area contributed by atoms with Gasteiger partial charge in [-0.05, 0) is 26.0 Å². The lowest BCUT2D eigenvalue weighted by atomic mass is 10.1. The molecular weight excluding hydrogens is 190 g/mol. The Bertz CT molecular complexity index is 341. The average Bonchev–Trinajstić information content (AvgIpc) is 2.66. The molecule has 1 heterocycles. The smallest absolute Gasteiger partial charge is 0.314 e. The van der Waals surface area contributed by atoms with Crippen molar-refractivity contribution < 1.29 is 9.53 Å². The molecule has 1 aromatic rings. The summed E-state index contributed by atoms with van der Waals surface area (Å²) in [6, 6.07) is 3.86. The van der Waals surface area contributed by atoms with Crippen LogP contribution in [0.3, 0.4) is 0 Å². The van der Waals surface area contributed by atoms with Crippen LogP contribution in [-0.2, 0) is 16.1 Å². The molecule has 0 spiro atoms. The van der Waals surface area contributed by atoms with Gasteiger partial charge in [0.25, 0.3) is 0 Å². The van der Waals surface area contributed by atoms with E-state index in [9.17, 15) is 4.79 Å². The van der Waals surface area contributed by atoms with Gasteiger partial charge in [0, 0.05) is 18.4 Å². The average molecular weight is 207 g/mol. The first-order valence-corrected chi connectivity index (χ1v) is 5.13. The monoisotopic (exact) mass is 207 g/mol. The van der Waals surface area contributed by atoms with Gasteiger partial charge >= 0.3 is 5.97 Å². The standard InChI is InChI=1S/C12H17NO2/c1-4-8-13-9-6-7-11(13)10(3)12(14)15-5-2/h4,6-7,9-10H,1,5,8H2,2-3H3. The van der Waals surface area contributed by atoms with Crippen LogP contribution < -0.4 is 0 Å². The van der Waals surface area contributed by atoms with Crippen molar-refractivity contribution in [3.63, 3.8) is 0 Å². The summed E-state index contributed by atoms with van der Waals surface area (Å²) in [6.07, 6.45) is 3.74. The summed E-state index contributed by atoms with van der Waals surface area (Å²) in [7, 11) is 0. The molecule has 1 aromatic heterocycles. The minimum atomic E-state index is -0.222. The quantitative estimate of drug-likeness (QED) is 0.548. The van der Waals surface area contributed by atoms with E-state index in [0.717, 1.165) is 5.69 Å². The van der Waals surface area contributed by atoms with Crippen molar-refractivity contribution in [3.05, 3.63) is 36.7 Å². The number of carbonyl (C=O) groups is 1. The van der Waals surface area contributed by atoms with Crippen LogP contribution in [0.25, 0.3) is 0 Å². The van der Waals surface area contributed by atoms with Crippen LogP contribution in [0, 0.1) is 0 Å². The van der Waals surface area contributed by atoms with Crippen molar-refractivity contribution >= 4 is 5.97 Å². The van der Waals surface area contributed by atoms with Gasteiger partial charge in [0.05, 0.1) is 12.5 Å². The molecule has 0 aliphatic heterocycles. The lowest BCUT2D eigenvalue weighted by Gasteiger charge is -2.13. The van der Waals surface area contributed by atoms with Crippen LogP contribution in [0.15, 0.2) is 31.0 Å². The Kier molecular flexibility index (Phi) is 4.16. The Hall–Kier alpha value is -1.51. The summed E-state index contributed by atoms with van der Waals surface area (Å²) in [5.41, 5.74) is 0.966. The van der Waals surface area contributed by atoms with Gasteiger partial charge in [-0.15, -0.1) is 6.58 Å². The summed E-state index contributed by atoms with van der Waals surface area (Å²) in [4.78, 5) is 11.5. The van der Waals surface area contributed by atoms with Crippen LogP contribution in [0.5, 0.6) is 0 Å². The first-order valence-electron chi connectivity index (χ1n) is 5.13. The summed E-state index contributed by atoms with van der Waals surface area (Å²) < 4.78 is 6.98. The lowest BCUT2D eigenvalue weighted by molar-refractivity contribution is -0.144. The van der Waals surface area contributed by atoms with Crippen LogP contribution >= 0.6 is 0 Å². The summed E-state index contributed by atoms with van der Waals surface area (Å²) in [5.74, 6) is -0.401. The molecule has 0 aliphatic rings. The zero-order valence-electron chi connectivity index (χ0n) is 9.27. The molecule has 0 N–H and O–H groups in total. The van der Waals surface area contributed by atoms with E-state index in [0.29, 0.717) is 13.2 Å². The fourth-order valence-electron chi connectivity index (χ4n) is 1.51. The molecule has 1 unspecified atom stereocenters. The molecule has 0 amide bonds. The molecule has 1 atom stereocenters. The van der Waals surface area contributed by atoms with E-state index in [1.54, 1.807) is 6.08 Å². The van der Waals surface area contributed by atoms with Gasteiger partial charge in [-0.2, -0.15) is 0 Å². The predicted octanol–water partition coefficient (Wildman–Crippen LogP) is 2.34. The summed E-state index contributed by atoms with van der Waals surface area (Å²) in [5, 5.41) is 0. The van der Waals surface area contributed by atoms with Gasteiger partial charge in [-0.1, -0.05) is 6.08 Å². The van der Waals surface area contributed by atoms with E-state index >= 15 is 0 Å². The highest BCUT2D eigenvalue weighted by Gasteiger charge is 2.18. The number of allylic oxidation sites excluding steroid dienone is 1. The third-order valence-electron chi connectivity index (χ3n) is 2.27. The number of rotatable bonds is 5. The van der Waals surface area contributed by atoms with Gasteiger partial charge in [-0.3, -0.25) is 4.79 Å². The molecule has 0 saturated heterocycles. The first kappa shape index (κ1) is 11.6. The fraction of sp³-hybridized carbons (Fsp3) is 0.417. The molecule has 15 heavy (non-hydrogen) atoms. The van der Waals surface area contributed by atoms with Crippen LogP contribution in [-0.4, -0.2) is 17.1 Å². The zero-order valence-corrected chi connectivity index (χ0v) is 9.27. The molecule has 0 aliphatic carbocycles. The number of hydrogen-bond acceptors (Lipinski definition) is 2. The molecule has 0 aromatic carbocycles. The Balaban J connectivity index is 2.80. The van der Waals surface area contributed by atoms with Crippen molar-refractivity contribution in [2.75, 3.05) is 6.61 Å². The fourth-order valence-corrected chi connectivity index (χ4v) is 1.51. The molecule has 0 fully saturated rings. The second-order valence-electron chi connectivity index (χ2n) is 3.35. The topological polar surface area (TPSA) is 31.2 Å². The maximum atomic E-state index is 11.5. The third kappa shape index (κ3) is 2.72. The molecule has 82 valence electrons. The highest BCUT2D eigenvalue weighted by molar-refractivity contribution is 5.77. The van der Waals surface area contributed by atoms with Crippen molar-refractivity contribution in [2.45, 2.75) is 26.3 Å². The van der Waals surface area contributed by atoms with E-state index in [4.69, 9.17) is 4.74 Å². The molecule has 0 radical (unpaired) electrons. The number of carbonyl (C=O) groups excluding carboxylic acids is 1. The van der Waals surface area contributed by atoms with Gasteiger partial charge in [0.15, 0.2) is 0 Å². The molecule has 3 heteroatoms. The molecule has 1 rings (SSSR count). The lowest BCUT2D eigenvalue weighted by Crippen LogP contribution is -2.16. The van der Waals surface area contributed by atoms with Gasteiger partial charge in [0.1, 0.15) is 0 Å². The van der Waals surface area contributed by atoms with Crippen LogP contribution in [0.2, 0.25) is 0 Å². The molecule has 0 bridgehead atoms. The number of nitrogens with zero attached hydrogens (tertiary/aromatic N) is 1. The Morgan fingerprint density at radius 3 is 3.07 bits per heavy atom. The minimum absolute atomic E-state index is 0.179. The Morgan fingerprint density at radius 2 is 2.47 bits per heavy atom. The number of hydrogen-bond donors (Lipinski definition) is 0. The Morgan fingerprint density at radius 1 is 1.73 bits per heavy atom. The maximum Gasteiger partial charge on any atom is 0.314 e. The number of ether oxygens (including phenoxy) is 1. The van der Waals surface area contributed by atoms with Crippen LogP contribution in [0.1, 0.15) is 25.5 Å². The summed E-state index contributed by atoms with van der Waals surface area (Å²) >= 11 is 0. The number of aromatic nitrogens is 1. The van der Waals surface area contributed by atoms with E-state index < -0.39 is 0 Å². The zero-order chi connectivity index (χ0) is 11.3. The second-order valence-corrected chi connectivity index (χ2v) is 3.35. The van der Waals surface area contributed by atoms with Gasteiger partial charge < -0.3 is 9.30 Å². The van der Waals surface area contributed by atoms with Crippen molar-refractivity contribution in [1.82, 2.24) is 4.57 Å². The maximum absolute atomic E-state index is 11.5. The predicted molar refractivity (Wildman–Crippen MR) is 59.7 cm³/mol. The van der Waals surface area contributed by atoms with E-state index in [2.05, 4.69) is 6.58 Å². The third-order valence-corrected chi connectivity index (χ3v) is 2.27. The Labute approximate surface area is 90.4 Å². The molecule has 3 nitrogen and oxygen atoms in total. The van der Waals surface area contributed by atoms with Crippen molar-refractivity contribution in [1.29, 1.82) is 0 Å². The number of esters is 1. The highest BCUT2D eigenvalue weighted by Crippen LogP contribution is 2.17. The van der Waals surface area contributed by atoms with E-state index in [1.807, 2.05) is 36.7 Å². The molecule has 0 saturated carbocycles.